The molecule has 1 saturated carbocycles. The summed E-state index contributed by atoms with van der Waals surface area (Å²) in [6.07, 6.45) is 7.42. The van der Waals surface area contributed by atoms with Gasteiger partial charge in [-0.15, -0.1) is 0 Å². The zero-order valence-electron chi connectivity index (χ0n) is 22.6. The Hall–Kier alpha value is -2.83. The van der Waals surface area contributed by atoms with E-state index in [9.17, 15) is 14.0 Å². The fourth-order valence-corrected chi connectivity index (χ4v) is 4.84. The van der Waals surface area contributed by atoms with E-state index in [1.54, 1.807) is 17.0 Å². The Kier molecular flexibility index (Phi) is 9.57. The van der Waals surface area contributed by atoms with Crippen molar-refractivity contribution in [3.05, 3.63) is 59.7 Å². The monoisotopic (exact) mass is 498 g/mol. The van der Waals surface area contributed by atoms with Crippen LogP contribution in [0.4, 0.5) is 9.18 Å². The Balaban J connectivity index is 1.80. The van der Waals surface area contributed by atoms with E-state index in [2.05, 4.69) is 23.7 Å². The lowest BCUT2D eigenvalue weighted by molar-refractivity contribution is -0.135. The van der Waals surface area contributed by atoms with Gasteiger partial charge in [0.1, 0.15) is 12.4 Å². The molecule has 0 spiro atoms. The largest absolute Gasteiger partial charge is 0.345 e. The molecule has 36 heavy (non-hydrogen) atoms. The van der Waals surface area contributed by atoms with E-state index in [0.29, 0.717) is 19.6 Å². The molecule has 0 bridgehead atoms. The number of hydrogen-bond donors (Lipinski definition) is 1. The van der Waals surface area contributed by atoms with E-state index in [1.165, 1.54) is 18.6 Å². The van der Waals surface area contributed by atoms with E-state index in [4.69, 9.17) is 0 Å². The molecule has 1 heterocycles. The van der Waals surface area contributed by atoms with Crippen molar-refractivity contribution >= 4 is 11.9 Å². The molecule has 6 nitrogen and oxygen atoms in total. The first-order valence-corrected chi connectivity index (χ1v) is 13.3. The smallest absolute Gasteiger partial charge is 0.318 e. The average molecular weight is 499 g/mol. The summed E-state index contributed by atoms with van der Waals surface area (Å²) in [7, 11) is 0. The van der Waals surface area contributed by atoms with Gasteiger partial charge >= 0.3 is 6.03 Å². The number of urea groups is 1. The predicted octanol–water partition coefficient (Wildman–Crippen LogP) is 5.80. The predicted molar refractivity (Wildman–Crippen MR) is 142 cm³/mol. The lowest BCUT2D eigenvalue weighted by atomic mass is 9.94. The summed E-state index contributed by atoms with van der Waals surface area (Å²) < 4.78 is 15.5. The molecule has 1 aromatic heterocycles. The summed E-state index contributed by atoms with van der Waals surface area (Å²) in [5.41, 5.74) is 1.67. The van der Waals surface area contributed by atoms with Gasteiger partial charge in [0.15, 0.2) is 0 Å². The van der Waals surface area contributed by atoms with Crippen LogP contribution in [0, 0.1) is 11.7 Å². The highest BCUT2D eigenvalue weighted by Crippen LogP contribution is 2.25. The molecule has 1 fully saturated rings. The van der Waals surface area contributed by atoms with Crippen LogP contribution in [0.25, 0.3) is 0 Å². The van der Waals surface area contributed by atoms with Gasteiger partial charge in [0.2, 0.25) is 5.91 Å². The van der Waals surface area contributed by atoms with Crippen LogP contribution >= 0.6 is 0 Å². The van der Waals surface area contributed by atoms with Gasteiger partial charge in [-0.1, -0.05) is 45.2 Å². The number of nitrogens with one attached hydrogen (secondary N) is 1. The summed E-state index contributed by atoms with van der Waals surface area (Å²) in [5.74, 6) is -0.0114. The number of aromatic nitrogens is 1. The SMILES string of the molecule is CC(C)CN(CC(=O)N(Cc1cccn1Cc1ccc(F)cc1)C1CCCCC1)C(=O)NC(C)(C)C. The molecular weight excluding hydrogens is 455 g/mol. The van der Waals surface area contributed by atoms with Crippen molar-refractivity contribution in [3.63, 3.8) is 0 Å². The second-order valence-electron chi connectivity index (χ2n) is 11.5. The lowest BCUT2D eigenvalue weighted by Gasteiger charge is -2.37. The molecule has 0 aliphatic heterocycles. The van der Waals surface area contributed by atoms with Crippen LogP contribution in [-0.4, -0.2) is 51.0 Å². The average Bonchev–Trinajstić information content (AvgIpc) is 3.24. The molecule has 1 aliphatic carbocycles. The molecule has 1 N–H and O–H groups in total. The van der Waals surface area contributed by atoms with Crippen LogP contribution in [0.15, 0.2) is 42.6 Å². The number of hydrogen-bond acceptors (Lipinski definition) is 2. The van der Waals surface area contributed by atoms with Gasteiger partial charge in [0.25, 0.3) is 0 Å². The first-order chi connectivity index (χ1) is 17.0. The summed E-state index contributed by atoms with van der Waals surface area (Å²) in [4.78, 5) is 30.5. The zero-order valence-corrected chi connectivity index (χ0v) is 22.6. The van der Waals surface area contributed by atoms with Crippen molar-refractivity contribution in [1.82, 2.24) is 19.7 Å². The second kappa shape index (κ2) is 12.4. The van der Waals surface area contributed by atoms with Gasteiger partial charge in [-0.2, -0.15) is 0 Å². The van der Waals surface area contributed by atoms with E-state index in [-0.39, 0.29) is 41.8 Å². The molecule has 3 rings (SSSR count). The third kappa shape index (κ3) is 8.38. The van der Waals surface area contributed by atoms with Crippen molar-refractivity contribution in [3.8, 4) is 0 Å². The van der Waals surface area contributed by atoms with E-state index < -0.39 is 0 Å². The van der Waals surface area contributed by atoms with Gasteiger partial charge in [0, 0.05) is 36.6 Å². The highest BCUT2D eigenvalue weighted by Gasteiger charge is 2.30. The van der Waals surface area contributed by atoms with E-state index >= 15 is 0 Å². The van der Waals surface area contributed by atoms with Crippen molar-refractivity contribution in [1.29, 1.82) is 0 Å². The summed E-state index contributed by atoms with van der Waals surface area (Å²) in [6.45, 7) is 11.7. The molecule has 1 aromatic carbocycles. The quantitative estimate of drug-likeness (QED) is 0.475. The van der Waals surface area contributed by atoms with Gasteiger partial charge in [-0.3, -0.25) is 4.79 Å². The van der Waals surface area contributed by atoms with Crippen molar-refractivity contribution < 1.29 is 14.0 Å². The molecule has 7 heteroatoms. The Labute approximate surface area is 215 Å². The third-order valence-corrected chi connectivity index (χ3v) is 6.54. The maximum absolute atomic E-state index is 13.8. The first kappa shape index (κ1) is 27.8. The molecule has 3 amide bonds. The minimum atomic E-state index is -0.375. The first-order valence-electron chi connectivity index (χ1n) is 13.3. The van der Waals surface area contributed by atoms with Crippen LogP contribution in [0.2, 0.25) is 0 Å². The number of amides is 3. The molecule has 0 unspecified atom stereocenters. The van der Waals surface area contributed by atoms with Crippen LogP contribution in [0.1, 0.15) is 78.0 Å². The standard InChI is InChI=1S/C29H43FN4O2/c1-22(2)18-33(28(36)31-29(3,4)5)21-27(35)34(25-10-7-6-8-11-25)20-26-12-9-17-32(26)19-23-13-15-24(30)16-14-23/h9,12-17,22,25H,6-8,10-11,18-21H2,1-5H3,(H,31,36). The van der Waals surface area contributed by atoms with Gasteiger partial charge in [-0.05, 0) is 69.4 Å². The van der Waals surface area contributed by atoms with Crippen LogP contribution in [0.3, 0.4) is 0 Å². The van der Waals surface area contributed by atoms with Gasteiger partial charge in [0.05, 0.1) is 6.54 Å². The molecule has 1 aliphatic rings. The van der Waals surface area contributed by atoms with E-state index in [0.717, 1.165) is 36.9 Å². The lowest BCUT2D eigenvalue weighted by Crippen LogP contribution is -2.53. The minimum Gasteiger partial charge on any atom is -0.345 e. The Bertz CT molecular complexity index is 987. The number of nitrogens with zero attached hydrogens (tertiary/aromatic N) is 3. The fourth-order valence-electron chi connectivity index (χ4n) is 4.84. The Morgan fingerprint density at radius 2 is 1.75 bits per heavy atom. The summed E-state index contributed by atoms with van der Waals surface area (Å²) in [6, 6.07) is 10.5. The summed E-state index contributed by atoms with van der Waals surface area (Å²) in [5, 5.41) is 3.02. The number of benzene rings is 1. The highest BCUT2D eigenvalue weighted by atomic mass is 19.1. The van der Waals surface area contributed by atoms with Gasteiger partial charge < -0.3 is 19.7 Å². The van der Waals surface area contributed by atoms with Crippen molar-refractivity contribution in [2.45, 2.75) is 91.4 Å². The molecule has 198 valence electrons. The maximum Gasteiger partial charge on any atom is 0.318 e. The fraction of sp³-hybridized carbons (Fsp3) is 0.586. The number of carbonyl (C=O) groups excluding carboxylic acids is 2. The zero-order chi connectivity index (χ0) is 26.3. The molecule has 0 atom stereocenters. The van der Waals surface area contributed by atoms with E-state index in [1.807, 2.05) is 44.0 Å². The van der Waals surface area contributed by atoms with Crippen LogP contribution in [0.5, 0.6) is 0 Å². The normalized spacial score (nSPS) is 14.6. The number of rotatable bonds is 9. The topological polar surface area (TPSA) is 57.6 Å². The Morgan fingerprint density at radius 3 is 2.36 bits per heavy atom. The molecule has 0 radical (unpaired) electrons. The summed E-state index contributed by atoms with van der Waals surface area (Å²) >= 11 is 0. The number of halogens is 1. The number of carbonyl (C=O) groups is 2. The van der Waals surface area contributed by atoms with Crippen LogP contribution in [-0.2, 0) is 17.9 Å². The van der Waals surface area contributed by atoms with Crippen molar-refractivity contribution in [2.75, 3.05) is 13.1 Å². The van der Waals surface area contributed by atoms with Gasteiger partial charge in [-0.25, -0.2) is 9.18 Å². The Morgan fingerprint density at radius 1 is 1.08 bits per heavy atom. The minimum absolute atomic E-state index is 0.0128. The highest BCUT2D eigenvalue weighted by molar-refractivity contribution is 5.84. The van der Waals surface area contributed by atoms with Crippen LogP contribution < -0.4 is 5.32 Å². The second-order valence-corrected chi connectivity index (χ2v) is 11.5. The molecular formula is C29H43FN4O2. The third-order valence-electron chi connectivity index (χ3n) is 6.54. The molecule has 2 aromatic rings. The molecule has 0 saturated heterocycles. The van der Waals surface area contributed by atoms with Crippen molar-refractivity contribution in [2.24, 2.45) is 5.92 Å². The maximum atomic E-state index is 13.8.